The molecule has 1 N–H and O–H groups in total. The lowest BCUT2D eigenvalue weighted by Crippen LogP contribution is -2.39. The summed E-state index contributed by atoms with van der Waals surface area (Å²) in [6, 6.07) is 1.20. The van der Waals surface area contributed by atoms with E-state index in [-0.39, 0.29) is 24.0 Å². The molecule has 92 valence electrons. The van der Waals surface area contributed by atoms with E-state index in [0.717, 1.165) is 19.0 Å². The van der Waals surface area contributed by atoms with Gasteiger partial charge in [0.2, 0.25) is 0 Å². The Morgan fingerprint density at radius 3 is 2.76 bits per heavy atom. The molecule has 4 nitrogen and oxygen atoms in total. The fourth-order valence-electron chi connectivity index (χ4n) is 2.03. The Morgan fingerprint density at radius 1 is 1.47 bits per heavy atom. The van der Waals surface area contributed by atoms with E-state index < -0.39 is 5.82 Å². The highest BCUT2D eigenvalue weighted by molar-refractivity contribution is 5.93. The summed E-state index contributed by atoms with van der Waals surface area (Å²) >= 11 is 0. The molecule has 0 spiro atoms. The molecule has 2 heterocycles. The molecule has 1 aromatic heterocycles. The molecule has 0 bridgehead atoms. The summed E-state index contributed by atoms with van der Waals surface area (Å²) in [6.07, 6.45) is 4.05. The Hall–Kier alpha value is -1.49. The third kappa shape index (κ3) is 2.79. The first-order chi connectivity index (χ1) is 8.20. The van der Waals surface area contributed by atoms with Gasteiger partial charge in [0, 0.05) is 25.9 Å². The largest absolute Gasteiger partial charge is 0.396 e. The molecule has 1 saturated heterocycles. The number of pyridine rings is 1. The van der Waals surface area contributed by atoms with Crippen molar-refractivity contribution in [3.05, 3.63) is 29.8 Å². The monoisotopic (exact) mass is 238 g/mol. The fraction of sp³-hybridized carbons (Fsp3) is 0.500. The summed E-state index contributed by atoms with van der Waals surface area (Å²) in [5.41, 5.74) is 0.285. The minimum Gasteiger partial charge on any atom is -0.396 e. The standard InChI is InChI=1S/C12H15FN2O2/c13-11-5-10(6-14-7-11)12(17)15-3-1-9(8-16)2-4-15/h5-7,9,16H,1-4,8H2. The first-order valence-electron chi connectivity index (χ1n) is 5.71. The highest BCUT2D eigenvalue weighted by Crippen LogP contribution is 2.18. The third-order valence-electron chi connectivity index (χ3n) is 3.11. The molecule has 0 saturated carbocycles. The number of amides is 1. The van der Waals surface area contributed by atoms with Crippen LogP contribution in [0.5, 0.6) is 0 Å². The average Bonchev–Trinajstić information content (AvgIpc) is 2.38. The van der Waals surface area contributed by atoms with Crippen molar-refractivity contribution in [2.45, 2.75) is 12.8 Å². The summed E-state index contributed by atoms with van der Waals surface area (Å²) < 4.78 is 12.9. The highest BCUT2D eigenvalue weighted by Gasteiger charge is 2.23. The van der Waals surface area contributed by atoms with E-state index in [1.54, 1.807) is 4.90 Å². The van der Waals surface area contributed by atoms with Crippen molar-refractivity contribution in [1.29, 1.82) is 0 Å². The minimum absolute atomic E-state index is 0.170. The van der Waals surface area contributed by atoms with E-state index in [1.165, 1.54) is 12.3 Å². The highest BCUT2D eigenvalue weighted by atomic mass is 19.1. The van der Waals surface area contributed by atoms with Crippen LogP contribution in [-0.2, 0) is 0 Å². The lowest BCUT2D eigenvalue weighted by molar-refractivity contribution is 0.0650. The maximum atomic E-state index is 12.9. The number of nitrogens with zero attached hydrogens (tertiary/aromatic N) is 2. The SMILES string of the molecule is O=C(c1cncc(F)c1)N1CCC(CO)CC1. The molecular formula is C12H15FN2O2. The van der Waals surface area contributed by atoms with E-state index in [0.29, 0.717) is 13.1 Å². The molecular weight excluding hydrogens is 223 g/mol. The molecule has 1 aromatic rings. The van der Waals surface area contributed by atoms with Crippen LogP contribution in [0.25, 0.3) is 0 Å². The van der Waals surface area contributed by atoms with Gasteiger partial charge in [-0.25, -0.2) is 4.39 Å². The maximum Gasteiger partial charge on any atom is 0.255 e. The quantitative estimate of drug-likeness (QED) is 0.838. The molecule has 2 rings (SSSR count). The summed E-state index contributed by atoms with van der Waals surface area (Å²) in [6.45, 7) is 1.39. The summed E-state index contributed by atoms with van der Waals surface area (Å²) in [7, 11) is 0. The lowest BCUT2D eigenvalue weighted by atomic mass is 9.97. The van der Waals surface area contributed by atoms with E-state index >= 15 is 0 Å². The van der Waals surface area contributed by atoms with Crippen LogP contribution < -0.4 is 0 Å². The summed E-state index contributed by atoms with van der Waals surface area (Å²) in [5, 5.41) is 9.01. The Morgan fingerprint density at radius 2 is 2.18 bits per heavy atom. The zero-order valence-electron chi connectivity index (χ0n) is 9.47. The number of halogens is 1. The Balaban J connectivity index is 2.02. The van der Waals surface area contributed by atoms with Gasteiger partial charge in [0.25, 0.3) is 5.91 Å². The molecule has 0 aliphatic carbocycles. The minimum atomic E-state index is -0.499. The van der Waals surface area contributed by atoms with Crippen molar-refractivity contribution in [3.63, 3.8) is 0 Å². The van der Waals surface area contributed by atoms with Crippen molar-refractivity contribution >= 4 is 5.91 Å². The van der Waals surface area contributed by atoms with Gasteiger partial charge in [-0.2, -0.15) is 0 Å². The van der Waals surface area contributed by atoms with Crippen LogP contribution in [0.15, 0.2) is 18.5 Å². The van der Waals surface area contributed by atoms with Crippen molar-refractivity contribution in [2.24, 2.45) is 5.92 Å². The fourth-order valence-corrected chi connectivity index (χ4v) is 2.03. The predicted molar refractivity (Wildman–Crippen MR) is 59.9 cm³/mol. The number of piperidine rings is 1. The zero-order chi connectivity index (χ0) is 12.3. The average molecular weight is 238 g/mol. The van der Waals surface area contributed by atoms with Gasteiger partial charge in [-0.05, 0) is 24.8 Å². The molecule has 0 unspecified atom stereocenters. The van der Waals surface area contributed by atoms with Gasteiger partial charge in [-0.3, -0.25) is 9.78 Å². The van der Waals surface area contributed by atoms with Crippen LogP contribution in [0.1, 0.15) is 23.2 Å². The van der Waals surface area contributed by atoms with Gasteiger partial charge < -0.3 is 10.0 Å². The first kappa shape index (κ1) is 12.0. The first-order valence-corrected chi connectivity index (χ1v) is 5.71. The van der Waals surface area contributed by atoms with Crippen LogP contribution in [0, 0.1) is 11.7 Å². The van der Waals surface area contributed by atoms with Crippen LogP contribution in [0.2, 0.25) is 0 Å². The van der Waals surface area contributed by atoms with Crippen LogP contribution in [0.3, 0.4) is 0 Å². The van der Waals surface area contributed by atoms with Crippen molar-refractivity contribution < 1.29 is 14.3 Å². The van der Waals surface area contributed by atoms with Gasteiger partial charge >= 0.3 is 0 Å². The molecule has 0 aromatic carbocycles. The van der Waals surface area contributed by atoms with Gasteiger partial charge in [-0.1, -0.05) is 0 Å². The molecule has 1 amide bonds. The molecule has 1 fully saturated rings. The maximum absolute atomic E-state index is 12.9. The molecule has 1 aliphatic heterocycles. The molecule has 1 aliphatic rings. The number of hydrogen-bond acceptors (Lipinski definition) is 3. The molecule has 0 atom stereocenters. The second-order valence-electron chi connectivity index (χ2n) is 4.31. The van der Waals surface area contributed by atoms with Crippen LogP contribution in [0.4, 0.5) is 4.39 Å². The van der Waals surface area contributed by atoms with E-state index in [1.807, 2.05) is 0 Å². The smallest absolute Gasteiger partial charge is 0.255 e. The zero-order valence-corrected chi connectivity index (χ0v) is 9.47. The summed E-state index contributed by atoms with van der Waals surface area (Å²) in [4.78, 5) is 17.4. The van der Waals surface area contributed by atoms with Crippen molar-refractivity contribution in [3.8, 4) is 0 Å². The number of likely N-dealkylation sites (tertiary alicyclic amines) is 1. The molecule has 5 heteroatoms. The Kier molecular flexibility index (Phi) is 3.68. The van der Waals surface area contributed by atoms with Gasteiger partial charge in [0.1, 0.15) is 5.82 Å². The topological polar surface area (TPSA) is 53.4 Å². The molecule has 0 radical (unpaired) electrons. The number of aliphatic hydroxyl groups is 1. The second kappa shape index (κ2) is 5.23. The number of carbonyl (C=O) groups excluding carboxylic acids is 1. The third-order valence-corrected chi connectivity index (χ3v) is 3.11. The van der Waals surface area contributed by atoms with E-state index in [9.17, 15) is 9.18 Å². The number of aromatic nitrogens is 1. The Labute approximate surface area is 99.1 Å². The van der Waals surface area contributed by atoms with Gasteiger partial charge in [0.15, 0.2) is 0 Å². The number of aliphatic hydroxyl groups excluding tert-OH is 1. The molecule has 17 heavy (non-hydrogen) atoms. The van der Waals surface area contributed by atoms with Crippen LogP contribution >= 0.6 is 0 Å². The second-order valence-corrected chi connectivity index (χ2v) is 4.31. The Bertz CT molecular complexity index is 403. The lowest BCUT2D eigenvalue weighted by Gasteiger charge is -2.31. The predicted octanol–water partition coefficient (Wildman–Crippen LogP) is 1.07. The van der Waals surface area contributed by atoms with Crippen molar-refractivity contribution in [2.75, 3.05) is 19.7 Å². The number of rotatable bonds is 2. The normalized spacial score (nSPS) is 17.2. The number of carbonyl (C=O) groups is 1. The van der Waals surface area contributed by atoms with E-state index in [2.05, 4.69) is 4.98 Å². The summed E-state index contributed by atoms with van der Waals surface area (Å²) in [5.74, 6) is -0.404. The van der Waals surface area contributed by atoms with Crippen molar-refractivity contribution in [1.82, 2.24) is 9.88 Å². The van der Waals surface area contributed by atoms with Gasteiger partial charge in [-0.15, -0.1) is 0 Å². The van der Waals surface area contributed by atoms with Gasteiger partial charge in [0.05, 0.1) is 11.8 Å². The van der Waals surface area contributed by atoms with E-state index in [4.69, 9.17) is 5.11 Å². The van der Waals surface area contributed by atoms with Crippen LogP contribution in [-0.4, -0.2) is 40.6 Å². The number of hydrogen-bond donors (Lipinski definition) is 1.